The van der Waals surface area contributed by atoms with E-state index in [1.54, 1.807) is 38.1 Å². The van der Waals surface area contributed by atoms with Gasteiger partial charge in [0, 0.05) is 0 Å². The molecule has 0 aromatic heterocycles. The molecule has 0 fully saturated rings. The van der Waals surface area contributed by atoms with Crippen LogP contribution in [0.25, 0.3) is 0 Å². The summed E-state index contributed by atoms with van der Waals surface area (Å²) >= 11 is 0. The van der Waals surface area contributed by atoms with E-state index in [1.807, 2.05) is 9.44 Å². The van der Waals surface area contributed by atoms with Crippen molar-refractivity contribution < 1.29 is 21.8 Å². The first kappa shape index (κ1) is 19.7. The molecule has 2 aromatic carbocycles. The molecule has 0 atom stereocenters. The average Bonchev–Trinajstić information content (AvgIpc) is 2.50. The summed E-state index contributed by atoms with van der Waals surface area (Å²) in [6, 6.07) is 12.3. The van der Waals surface area contributed by atoms with Gasteiger partial charge in [0.05, 0.1) is 16.3 Å². The third-order valence-corrected chi connectivity index (χ3v) is 7.43. The number of anilines is 2. The number of hydrogen-bond acceptors (Lipinski definition) is 6. The summed E-state index contributed by atoms with van der Waals surface area (Å²) in [7, 11) is -9.77. The Morgan fingerprint density at radius 1 is 0.808 bits per heavy atom. The van der Waals surface area contributed by atoms with Gasteiger partial charge in [0.2, 0.25) is 0 Å². The Morgan fingerprint density at radius 2 is 1.15 bits per heavy atom. The fourth-order valence-electron chi connectivity index (χ4n) is 2.18. The molecule has 9 nitrogen and oxygen atoms in total. The predicted octanol–water partition coefficient (Wildman–Crippen LogP) is 2.05. The monoisotopic (exact) mass is 399 g/mol. The third kappa shape index (κ3) is 4.29. The molecule has 0 heterocycles. The number of benzene rings is 2. The van der Waals surface area contributed by atoms with E-state index in [2.05, 4.69) is 0 Å². The molecule has 11 heteroatoms. The van der Waals surface area contributed by atoms with Crippen molar-refractivity contribution in [2.24, 2.45) is 0 Å². The summed E-state index contributed by atoms with van der Waals surface area (Å²) in [6.07, 6.45) is 0. The van der Waals surface area contributed by atoms with E-state index in [0.29, 0.717) is 11.1 Å². The Morgan fingerprint density at radius 3 is 1.46 bits per heavy atom. The minimum absolute atomic E-state index is 0.0606. The minimum atomic E-state index is -4.89. The lowest BCUT2D eigenvalue weighted by Crippen LogP contribution is -2.44. The van der Waals surface area contributed by atoms with Gasteiger partial charge in [0.15, 0.2) is 0 Å². The summed E-state index contributed by atoms with van der Waals surface area (Å²) in [6.45, 7) is 3.16. The molecule has 2 rings (SSSR count). The normalized spacial score (nSPS) is 12.0. The standard InChI is InChI=1S/C15H17N3O6S2/c1-11-7-3-5-9-13(11)16-25(21,22)15(18(19)20)26(23,24)17-14-10-6-4-8-12(14)2/h3-10,15-17H,1-2H3. The lowest BCUT2D eigenvalue weighted by atomic mass is 10.2. The summed E-state index contributed by atoms with van der Waals surface area (Å²) in [5.74, 6) is 0. The second-order valence-electron chi connectivity index (χ2n) is 5.52. The van der Waals surface area contributed by atoms with Crippen molar-refractivity contribution >= 4 is 31.4 Å². The smallest absolute Gasteiger partial charge is 0.277 e. The van der Waals surface area contributed by atoms with E-state index in [1.165, 1.54) is 24.3 Å². The number of sulfonamides is 2. The number of para-hydroxylation sites is 2. The number of aryl methyl sites for hydroxylation is 2. The molecule has 2 aromatic rings. The molecular formula is C15H17N3O6S2. The Labute approximate surface area is 151 Å². The van der Waals surface area contributed by atoms with E-state index >= 15 is 0 Å². The number of nitrogens with zero attached hydrogens (tertiary/aromatic N) is 1. The zero-order valence-corrected chi connectivity index (χ0v) is 15.5. The lowest BCUT2D eigenvalue weighted by Gasteiger charge is -2.16. The van der Waals surface area contributed by atoms with Gasteiger partial charge in [0.1, 0.15) is 0 Å². The van der Waals surface area contributed by atoms with Gasteiger partial charge in [0.25, 0.3) is 0 Å². The Bertz CT molecular complexity index is 957. The fourth-order valence-corrected chi connectivity index (χ4v) is 5.52. The second kappa shape index (κ2) is 7.30. The van der Waals surface area contributed by atoms with E-state index in [0.717, 1.165) is 0 Å². The van der Waals surface area contributed by atoms with Crippen LogP contribution in [0, 0.1) is 24.0 Å². The van der Waals surface area contributed by atoms with Crippen molar-refractivity contribution in [3.63, 3.8) is 0 Å². The van der Waals surface area contributed by atoms with Gasteiger partial charge in [-0.3, -0.25) is 19.6 Å². The Balaban J connectivity index is 2.42. The maximum Gasteiger partial charge on any atom is 0.442 e. The van der Waals surface area contributed by atoms with Crippen molar-refractivity contribution in [2.75, 3.05) is 9.44 Å². The maximum absolute atomic E-state index is 12.4. The first-order valence-corrected chi connectivity index (χ1v) is 10.4. The second-order valence-corrected chi connectivity index (χ2v) is 9.30. The molecule has 0 aliphatic carbocycles. The molecule has 0 radical (unpaired) electrons. The van der Waals surface area contributed by atoms with Gasteiger partial charge in [-0.05, 0) is 37.1 Å². The molecule has 0 aliphatic rings. The van der Waals surface area contributed by atoms with Gasteiger partial charge < -0.3 is 0 Å². The highest BCUT2D eigenvalue weighted by atomic mass is 32.3. The molecule has 0 unspecified atom stereocenters. The molecule has 0 bridgehead atoms. The molecule has 2 N–H and O–H groups in total. The van der Waals surface area contributed by atoms with Crippen LogP contribution in [-0.4, -0.2) is 26.5 Å². The zero-order chi connectivity index (χ0) is 19.5. The van der Waals surface area contributed by atoms with Gasteiger partial charge in [-0.15, -0.1) is 0 Å². The first-order valence-electron chi connectivity index (χ1n) is 7.32. The largest absolute Gasteiger partial charge is 0.442 e. The molecular weight excluding hydrogens is 382 g/mol. The average molecular weight is 399 g/mol. The maximum atomic E-state index is 12.4. The molecule has 0 saturated heterocycles. The van der Waals surface area contributed by atoms with Crippen LogP contribution in [0.15, 0.2) is 48.5 Å². The van der Waals surface area contributed by atoms with Crippen LogP contribution in [0.1, 0.15) is 11.1 Å². The summed E-state index contributed by atoms with van der Waals surface area (Å²) in [4.78, 5) is 9.95. The number of rotatable bonds is 7. The molecule has 0 spiro atoms. The minimum Gasteiger partial charge on any atom is -0.277 e. The highest BCUT2D eigenvalue weighted by molar-refractivity contribution is 8.09. The molecule has 140 valence electrons. The van der Waals surface area contributed by atoms with Gasteiger partial charge in [-0.2, -0.15) is 16.8 Å². The van der Waals surface area contributed by atoms with Crippen molar-refractivity contribution in [1.29, 1.82) is 0 Å². The fraction of sp³-hybridized carbons (Fsp3) is 0.200. The molecule has 0 saturated carbocycles. The highest BCUT2D eigenvalue weighted by Crippen LogP contribution is 2.22. The van der Waals surface area contributed by atoms with Crippen LogP contribution in [0.4, 0.5) is 11.4 Å². The topological polar surface area (TPSA) is 135 Å². The van der Waals surface area contributed by atoms with Crippen molar-refractivity contribution in [3.8, 4) is 0 Å². The summed E-state index contributed by atoms with van der Waals surface area (Å²) in [5.41, 5.74) is 1.10. The van der Waals surface area contributed by atoms with Crippen LogP contribution >= 0.6 is 0 Å². The number of nitro groups is 1. The number of nitrogens with one attached hydrogen (secondary N) is 2. The predicted molar refractivity (Wildman–Crippen MR) is 98.2 cm³/mol. The first-order chi connectivity index (χ1) is 12.0. The Hall–Kier alpha value is -2.66. The highest BCUT2D eigenvalue weighted by Gasteiger charge is 2.49. The quantitative estimate of drug-likeness (QED) is 0.540. The van der Waals surface area contributed by atoms with Crippen molar-refractivity contribution in [1.82, 2.24) is 0 Å². The third-order valence-electron chi connectivity index (χ3n) is 3.50. The zero-order valence-electron chi connectivity index (χ0n) is 13.9. The molecule has 0 aliphatic heterocycles. The summed E-state index contributed by atoms with van der Waals surface area (Å²) in [5, 5.41) is 11.3. The van der Waals surface area contributed by atoms with Gasteiger partial charge in [-0.25, -0.2) is 0 Å². The van der Waals surface area contributed by atoms with E-state index in [9.17, 15) is 26.9 Å². The summed E-state index contributed by atoms with van der Waals surface area (Å²) < 4.78 is 50.8. The van der Waals surface area contributed by atoms with Crippen LogP contribution in [-0.2, 0) is 20.0 Å². The van der Waals surface area contributed by atoms with Crippen LogP contribution < -0.4 is 9.44 Å². The Kier molecular flexibility index (Phi) is 5.52. The van der Waals surface area contributed by atoms with Crippen LogP contribution in [0.5, 0.6) is 0 Å². The lowest BCUT2D eigenvalue weighted by molar-refractivity contribution is -0.474. The van der Waals surface area contributed by atoms with Gasteiger partial charge in [-0.1, -0.05) is 36.4 Å². The van der Waals surface area contributed by atoms with Crippen molar-refractivity contribution in [2.45, 2.75) is 18.6 Å². The van der Waals surface area contributed by atoms with E-state index < -0.39 is 29.7 Å². The van der Waals surface area contributed by atoms with Crippen LogP contribution in [0.3, 0.4) is 0 Å². The molecule has 0 amide bonds. The SMILES string of the molecule is Cc1ccccc1NS(=O)(=O)C([N+](=O)[O-])S(=O)(=O)Nc1ccccc1C. The van der Waals surface area contributed by atoms with Gasteiger partial charge >= 0.3 is 24.8 Å². The number of hydrogen-bond donors (Lipinski definition) is 2. The molecule has 26 heavy (non-hydrogen) atoms. The van der Waals surface area contributed by atoms with E-state index in [4.69, 9.17) is 0 Å². The van der Waals surface area contributed by atoms with Crippen LogP contribution in [0.2, 0.25) is 0 Å². The van der Waals surface area contributed by atoms with E-state index in [-0.39, 0.29) is 11.4 Å². The van der Waals surface area contributed by atoms with Crippen molar-refractivity contribution in [3.05, 3.63) is 69.8 Å².